The molecule has 2 aliphatic heterocycles. The van der Waals surface area contributed by atoms with Crippen LogP contribution >= 0.6 is 0 Å². The highest BCUT2D eigenvalue weighted by Crippen LogP contribution is 2.29. The zero-order valence-electron chi connectivity index (χ0n) is 16.0. The van der Waals surface area contributed by atoms with Crippen LogP contribution in [0.4, 0.5) is 13.2 Å². The van der Waals surface area contributed by atoms with Crippen molar-refractivity contribution in [1.82, 2.24) is 21.3 Å². The maximum atomic E-state index is 12.7. The maximum absolute atomic E-state index is 12.7. The number of benzene rings is 1. The monoisotopic (exact) mass is 414 g/mol. The fourth-order valence-electron chi connectivity index (χ4n) is 3.40. The molecule has 0 bridgehead atoms. The minimum Gasteiger partial charge on any atom is -0.348 e. The summed E-state index contributed by atoms with van der Waals surface area (Å²) < 4.78 is 43.9. The number of carbonyl (C=O) groups excluding carboxylic acids is 2. The number of hydrogen-bond acceptors (Lipinski definition) is 5. The number of halogens is 3. The van der Waals surface area contributed by atoms with Gasteiger partial charge in [-0.1, -0.05) is 12.1 Å². The van der Waals surface area contributed by atoms with Crippen molar-refractivity contribution in [1.29, 1.82) is 0 Å². The van der Waals surface area contributed by atoms with Crippen LogP contribution in [0.2, 0.25) is 0 Å². The van der Waals surface area contributed by atoms with Crippen molar-refractivity contribution >= 4 is 11.8 Å². The zero-order valence-corrected chi connectivity index (χ0v) is 16.0. The molecular weight excluding hydrogens is 389 g/mol. The summed E-state index contributed by atoms with van der Waals surface area (Å²) in [5.41, 5.74) is -0.211. The summed E-state index contributed by atoms with van der Waals surface area (Å²) >= 11 is 0. The van der Waals surface area contributed by atoms with Crippen LogP contribution in [0, 0.1) is 0 Å². The molecule has 0 radical (unpaired) electrons. The van der Waals surface area contributed by atoms with Crippen LogP contribution in [0.1, 0.15) is 43.4 Å². The minimum absolute atomic E-state index is 0.0121. The van der Waals surface area contributed by atoms with Gasteiger partial charge in [0.2, 0.25) is 11.8 Å². The van der Waals surface area contributed by atoms with Gasteiger partial charge in [0.25, 0.3) is 0 Å². The third kappa shape index (κ3) is 5.91. The highest BCUT2D eigenvalue weighted by molar-refractivity contribution is 5.89. The van der Waals surface area contributed by atoms with Crippen LogP contribution in [-0.2, 0) is 20.5 Å². The molecule has 2 amide bonds. The van der Waals surface area contributed by atoms with E-state index in [0.29, 0.717) is 5.56 Å². The standard InChI is InChI=1S/C19H25F3N4O3/c1-11(12-2-4-13(5-3-12)19(20,21)22)24-17(28)15-10-16(27)26-18(25-15)29-14-6-8-23-9-7-14/h2-5,11,14-15,18,23,25H,6-10H2,1H3,(H,24,28)(H,26,27). The number of carbonyl (C=O) groups is 2. The first-order chi connectivity index (χ1) is 13.7. The number of hydrogen-bond donors (Lipinski definition) is 4. The fourth-order valence-corrected chi connectivity index (χ4v) is 3.40. The quantitative estimate of drug-likeness (QED) is 0.585. The Morgan fingerprint density at radius 1 is 1.21 bits per heavy atom. The smallest absolute Gasteiger partial charge is 0.348 e. The Balaban J connectivity index is 1.56. The molecule has 1 aromatic rings. The van der Waals surface area contributed by atoms with Gasteiger partial charge < -0.3 is 20.7 Å². The van der Waals surface area contributed by atoms with E-state index in [1.807, 2.05) is 0 Å². The van der Waals surface area contributed by atoms with Gasteiger partial charge in [0.15, 0.2) is 6.35 Å². The molecule has 29 heavy (non-hydrogen) atoms. The summed E-state index contributed by atoms with van der Waals surface area (Å²) in [7, 11) is 0. The van der Waals surface area contributed by atoms with E-state index in [2.05, 4.69) is 21.3 Å². The number of rotatable bonds is 5. The molecule has 2 heterocycles. The lowest BCUT2D eigenvalue weighted by molar-refractivity contribution is -0.143. The molecule has 0 aliphatic carbocycles. The molecule has 3 atom stereocenters. The highest BCUT2D eigenvalue weighted by Gasteiger charge is 2.33. The van der Waals surface area contributed by atoms with Crippen LogP contribution in [0.25, 0.3) is 0 Å². The summed E-state index contributed by atoms with van der Waals surface area (Å²) in [4.78, 5) is 24.6. The van der Waals surface area contributed by atoms with E-state index in [0.717, 1.165) is 38.1 Å². The predicted molar refractivity (Wildman–Crippen MR) is 98.4 cm³/mol. The minimum atomic E-state index is -4.41. The largest absolute Gasteiger partial charge is 0.416 e. The topological polar surface area (TPSA) is 91.5 Å². The Kier molecular flexibility index (Phi) is 6.76. The van der Waals surface area contributed by atoms with Crippen molar-refractivity contribution in [2.24, 2.45) is 0 Å². The maximum Gasteiger partial charge on any atom is 0.416 e. The first-order valence-electron chi connectivity index (χ1n) is 9.61. The predicted octanol–water partition coefficient (Wildman–Crippen LogP) is 1.41. The second kappa shape index (κ2) is 9.10. The van der Waals surface area contributed by atoms with Crippen molar-refractivity contribution in [2.75, 3.05) is 13.1 Å². The lowest BCUT2D eigenvalue weighted by Crippen LogP contribution is -2.62. The Bertz CT molecular complexity index is 720. The van der Waals surface area contributed by atoms with Crippen LogP contribution in [0.3, 0.4) is 0 Å². The van der Waals surface area contributed by atoms with Gasteiger partial charge in [0.05, 0.1) is 30.2 Å². The Morgan fingerprint density at radius 3 is 2.48 bits per heavy atom. The van der Waals surface area contributed by atoms with Gasteiger partial charge in [0.1, 0.15) is 0 Å². The molecule has 0 aromatic heterocycles. The first-order valence-corrected chi connectivity index (χ1v) is 9.61. The summed E-state index contributed by atoms with van der Waals surface area (Å²) in [6.07, 6.45) is -3.59. The SMILES string of the molecule is CC(NC(=O)C1CC(=O)NC(OC2CCNCC2)N1)c1ccc(C(F)(F)F)cc1. The molecule has 1 aromatic carbocycles. The first kappa shape index (κ1) is 21.5. The molecule has 0 saturated carbocycles. The van der Waals surface area contributed by atoms with Gasteiger partial charge in [-0.3, -0.25) is 14.9 Å². The molecule has 7 nitrogen and oxygen atoms in total. The number of alkyl halides is 3. The Hall–Kier alpha value is -2.17. The third-order valence-electron chi connectivity index (χ3n) is 5.06. The normalized spacial score (nSPS) is 24.6. The van der Waals surface area contributed by atoms with Crippen LogP contribution in [0.15, 0.2) is 24.3 Å². The van der Waals surface area contributed by atoms with Gasteiger partial charge in [-0.2, -0.15) is 13.2 Å². The van der Waals surface area contributed by atoms with E-state index in [9.17, 15) is 22.8 Å². The lowest BCUT2D eigenvalue weighted by atomic mass is 10.0. The van der Waals surface area contributed by atoms with Gasteiger partial charge in [-0.15, -0.1) is 0 Å². The zero-order chi connectivity index (χ0) is 21.0. The number of piperidine rings is 1. The van der Waals surface area contributed by atoms with Gasteiger partial charge in [-0.25, -0.2) is 0 Å². The van der Waals surface area contributed by atoms with Crippen molar-refractivity contribution in [2.45, 2.75) is 56.9 Å². The second-order valence-electron chi connectivity index (χ2n) is 7.31. The summed E-state index contributed by atoms with van der Waals surface area (Å²) in [6, 6.07) is 3.32. The van der Waals surface area contributed by atoms with Crippen molar-refractivity contribution in [3.63, 3.8) is 0 Å². The molecule has 2 fully saturated rings. The van der Waals surface area contributed by atoms with Crippen molar-refractivity contribution < 1.29 is 27.5 Å². The van der Waals surface area contributed by atoms with Crippen molar-refractivity contribution in [3.05, 3.63) is 35.4 Å². The van der Waals surface area contributed by atoms with Crippen LogP contribution in [-0.4, -0.2) is 43.4 Å². The van der Waals surface area contributed by atoms with E-state index in [-0.39, 0.29) is 18.4 Å². The number of ether oxygens (including phenoxy) is 1. The molecule has 2 aliphatic rings. The van der Waals surface area contributed by atoms with Crippen molar-refractivity contribution in [3.8, 4) is 0 Å². The molecule has 10 heteroatoms. The molecule has 2 saturated heterocycles. The summed E-state index contributed by atoms with van der Waals surface area (Å²) in [5, 5.41) is 11.6. The third-order valence-corrected chi connectivity index (χ3v) is 5.06. The molecule has 3 rings (SSSR count). The van der Waals surface area contributed by atoms with Crippen LogP contribution in [0.5, 0.6) is 0 Å². The Labute approximate surface area is 166 Å². The average molecular weight is 414 g/mol. The Morgan fingerprint density at radius 2 is 1.86 bits per heavy atom. The van der Waals surface area contributed by atoms with E-state index >= 15 is 0 Å². The van der Waals surface area contributed by atoms with E-state index in [1.54, 1.807) is 6.92 Å². The van der Waals surface area contributed by atoms with Crippen LogP contribution < -0.4 is 21.3 Å². The van der Waals surface area contributed by atoms with Gasteiger partial charge in [-0.05, 0) is 50.6 Å². The number of amides is 2. The summed E-state index contributed by atoms with van der Waals surface area (Å²) in [6.45, 7) is 3.34. The fraction of sp³-hybridized carbons (Fsp3) is 0.579. The highest BCUT2D eigenvalue weighted by atomic mass is 19.4. The van der Waals surface area contributed by atoms with E-state index in [1.165, 1.54) is 12.1 Å². The molecule has 160 valence electrons. The molecule has 4 N–H and O–H groups in total. The molecule has 0 spiro atoms. The molecule has 3 unspecified atom stereocenters. The number of nitrogens with one attached hydrogen (secondary N) is 4. The van der Waals surface area contributed by atoms with Gasteiger partial charge in [0, 0.05) is 0 Å². The van der Waals surface area contributed by atoms with E-state index < -0.39 is 36.1 Å². The molecular formula is C19H25F3N4O3. The lowest BCUT2D eigenvalue weighted by Gasteiger charge is -2.34. The second-order valence-corrected chi connectivity index (χ2v) is 7.31. The van der Waals surface area contributed by atoms with Gasteiger partial charge >= 0.3 is 6.18 Å². The summed E-state index contributed by atoms with van der Waals surface area (Å²) in [5.74, 6) is -0.712. The van der Waals surface area contributed by atoms with E-state index in [4.69, 9.17) is 4.74 Å². The average Bonchev–Trinajstić information content (AvgIpc) is 2.67.